The molecule has 1 aliphatic rings. The number of nitrogens with zero attached hydrogens (tertiary/aromatic N) is 2. The first-order chi connectivity index (χ1) is 15.7. The van der Waals surface area contributed by atoms with E-state index in [-0.39, 0.29) is 11.7 Å². The molecule has 1 amide bonds. The Labute approximate surface area is 194 Å². The molecule has 0 saturated heterocycles. The van der Waals surface area contributed by atoms with Crippen molar-refractivity contribution in [1.82, 2.24) is 9.47 Å². The van der Waals surface area contributed by atoms with E-state index < -0.39 is 0 Å². The molecule has 2 heterocycles. The van der Waals surface area contributed by atoms with E-state index >= 15 is 0 Å². The van der Waals surface area contributed by atoms with Crippen molar-refractivity contribution in [3.63, 3.8) is 0 Å². The van der Waals surface area contributed by atoms with Crippen LogP contribution in [0.4, 0.5) is 5.69 Å². The van der Waals surface area contributed by atoms with Crippen molar-refractivity contribution < 1.29 is 4.79 Å². The minimum atomic E-state index is -0.0865. The molecule has 3 aromatic carbocycles. The predicted molar refractivity (Wildman–Crippen MR) is 134 cm³/mol. The molecular formula is C27H27N3OS. The van der Waals surface area contributed by atoms with Gasteiger partial charge in [-0.05, 0) is 34.9 Å². The molecule has 0 atom stereocenters. The van der Waals surface area contributed by atoms with Gasteiger partial charge in [-0.15, -0.1) is 0 Å². The number of hydrogen-bond donors (Lipinski definition) is 2. The van der Waals surface area contributed by atoms with Gasteiger partial charge in [0.05, 0.1) is 5.75 Å². The highest BCUT2D eigenvalue weighted by Crippen LogP contribution is 2.32. The van der Waals surface area contributed by atoms with Gasteiger partial charge in [-0.1, -0.05) is 60.7 Å². The van der Waals surface area contributed by atoms with E-state index in [0.717, 1.165) is 38.3 Å². The molecule has 4 nitrogen and oxygen atoms in total. The zero-order chi connectivity index (χ0) is 21.9. The Bertz CT molecular complexity index is 1230. The van der Waals surface area contributed by atoms with E-state index in [0.29, 0.717) is 0 Å². The van der Waals surface area contributed by atoms with Crippen LogP contribution >= 0.6 is 12.6 Å². The number of para-hydroxylation sites is 1. The zero-order valence-corrected chi connectivity index (χ0v) is 18.9. The van der Waals surface area contributed by atoms with Crippen molar-refractivity contribution in [2.75, 3.05) is 17.6 Å². The molecule has 0 unspecified atom stereocenters. The second-order valence-corrected chi connectivity index (χ2v) is 8.69. The maximum absolute atomic E-state index is 11.5. The van der Waals surface area contributed by atoms with Gasteiger partial charge in [-0.2, -0.15) is 12.6 Å². The van der Waals surface area contributed by atoms with Crippen molar-refractivity contribution >= 4 is 35.1 Å². The summed E-state index contributed by atoms with van der Waals surface area (Å²) in [5.41, 5.74) is 7.66. The monoisotopic (exact) mass is 441 g/mol. The van der Waals surface area contributed by atoms with Crippen molar-refractivity contribution in [1.29, 1.82) is 0 Å². The van der Waals surface area contributed by atoms with E-state index in [4.69, 9.17) is 0 Å². The van der Waals surface area contributed by atoms with Gasteiger partial charge in [0, 0.05) is 54.9 Å². The molecule has 32 heavy (non-hydrogen) atoms. The molecule has 5 heteroatoms. The molecule has 0 spiro atoms. The molecule has 0 saturated carbocycles. The van der Waals surface area contributed by atoms with Gasteiger partial charge in [0.1, 0.15) is 0 Å². The maximum Gasteiger partial charge on any atom is 0.234 e. The first-order valence-electron chi connectivity index (χ1n) is 11.1. The summed E-state index contributed by atoms with van der Waals surface area (Å²) in [4.78, 5) is 14.0. The van der Waals surface area contributed by atoms with Crippen LogP contribution in [0.1, 0.15) is 22.4 Å². The highest BCUT2D eigenvalue weighted by molar-refractivity contribution is 7.81. The third kappa shape index (κ3) is 4.31. The lowest BCUT2D eigenvalue weighted by Crippen LogP contribution is -2.30. The van der Waals surface area contributed by atoms with Crippen LogP contribution in [0.25, 0.3) is 10.9 Å². The summed E-state index contributed by atoms with van der Waals surface area (Å²) in [6, 6.07) is 27.7. The fourth-order valence-corrected chi connectivity index (χ4v) is 4.77. The van der Waals surface area contributed by atoms with Crippen LogP contribution in [0.5, 0.6) is 0 Å². The number of hydrogen-bond acceptors (Lipinski definition) is 3. The van der Waals surface area contributed by atoms with Gasteiger partial charge in [0.2, 0.25) is 5.91 Å². The highest BCUT2D eigenvalue weighted by atomic mass is 32.1. The van der Waals surface area contributed by atoms with Gasteiger partial charge in [-0.3, -0.25) is 9.69 Å². The quantitative estimate of drug-likeness (QED) is 0.408. The van der Waals surface area contributed by atoms with Crippen LogP contribution in [-0.2, 0) is 30.8 Å². The van der Waals surface area contributed by atoms with E-state index in [1.807, 2.05) is 12.1 Å². The molecule has 0 fully saturated rings. The number of fused-ring (bicyclic) bond motifs is 3. The lowest BCUT2D eigenvalue weighted by molar-refractivity contribution is -0.113. The summed E-state index contributed by atoms with van der Waals surface area (Å²) in [7, 11) is 0. The fourth-order valence-electron chi connectivity index (χ4n) is 4.69. The Morgan fingerprint density at radius 2 is 1.59 bits per heavy atom. The summed E-state index contributed by atoms with van der Waals surface area (Å²) in [5.74, 6) is 0.104. The van der Waals surface area contributed by atoms with Gasteiger partial charge in [-0.25, -0.2) is 0 Å². The molecule has 0 aliphatic carbocycles. The molecule has 1 aromatic heterocycles. The minimum Gasteiger partial charge on any atom is -0.340 e. The number of carbonyl (C=O) groups excluding carboxylic acids is 1. The fraction of sp³-hybridized carbons (Fsp3) is 0.222. The van der Waals surface area contributed by atoms with Gasteiger partial charge < -0.3 is 9.88 Å². The van der Waals surface area contributed by atoms with Gasteiger partial charge >= 0.3 is 0 Å². The van der Waals surface area contributed by atoms with E-state index in [1.165, 1.54) is 33.3 Å². The van der Waals surface area contributed by atoms with E-state index in [2.05, 4.69) is 94.1 Å². The van der Waals surface area contributed by atoms with Crippen molar-refractivity contribution in [2.24, 2.45) is 0 Å². The maximum atomic E-state index is 11.5. The zero-order valence-electron chi connectivity index (χ0n) is 18.0. The number of anilines is 1. The Morgan fingerprint density at radius 1 is 0.875 bits per heavy atom. The van der Waals surface area contributed by atoms with Crippen LogP contribution in [0, 0.1) is 0 Å². The number of thiol groups is 1. The Kier molecular flexibility index (Phi) is 6.02. The van der Waals surface area contributed by atoms with Crippen LogP contribution in [0.3, 0.4) is 0 Å². The third-order valence-corrected chi connectivity index (χ3v) is 6.50. The average Bonchev–Trinajstić information content (AvgIpc) is 3.14. The van der Waals surface area contributed by atoms with Crippen molar-refractivity contribution in [3.8, 4) is 0 Å². The third-order valence-electron chi connectivity index (χ3n) is 6.21. The standard InChI is InChI=1S/C27H27N3OS/c31-27(19-32)28-22-12-10-21(11-13-22)16-29-15-14-26-24(18-29)23-8-4-5-9-25(23)30(26)17-20-6-2-1-3-7-20/h1-13,32H,14-19H2,(H,28,31). The second-order valence-electron chi connectivity index (χ2n) is 8.38. The van der Waals surface area contributed by atoms with Gasteiger partial charge in [0.25, 0.3) is 0 Å². The number of amides is 1. The Morgan fingerprint density at radius 3 is 2.38 bits per heavy atom. The second kappa shape index (κ2) is 9.23. The molecule has 4 aromatic rings. The number of carbonyl (C=O) groups is 1. The number of nitrogens with one attached hydrogen (secondary N) is 1. The summed E-state index contributed by atoms with van der Waals surface area (Å²) in [6.07, 6.45) is 1.05. The Balaban J connectivity index is 1.37. The summed E-state index contributed by atoms with van der Waals surface area (Å²) >= 11 is 4.01. The van der Waals surface area contributed by atoms with E-state index in [1.54, 1.807) is 0 Å². The molecular weight excluding hydrogens is 414 g/mol. The lowest BCUT2D eigenvalue weighted by atomic mass is 10.0. The van der Waals surface area contributed by atoms with Crippen LogP contribution in [-0.4, -0.2) is 27.7 Å². The summed E-state index contributed by atoms with van der Waals surface area (Å²) < 4.78 is 2.51. The first kappa shape index (κ1) is 20.9. The molecule has 162 valence electrons. The first-order valence-corrected chi connectivity index (χ1v) is 11.7. The predicted octanol–water partition coefficient (Wildman–Crippen LogP) is 5.12. The molecule has 1 N–H and O–H groups in total. The lowest BCUT2D eigenvalue weighted by Gasteiger charge is -2.28. The van der Waals surface area contributed by atoms with Crippen LogP contribution < -0.4 is 5.32 Å². The molecule has 0 bridgehead atoms. The normalized spacial score (nSPS) is 13.8. The average molecular weight is 442 g/mol. The van der Waals surface area contributed by atoms with Crippen LogP contribution in [0.2, 0.25) is 0 Å². The van der Waals surface area contributed by atoms with Crippen molar-refractivity contribution in [3.05, 3.63) is 101 Å². The molecule has 5 rings (SSSR count). The van der Waals surface area contributed by atoms with Crippen LogP contribution in [0.15, 0.2) is 78.9 Å². The van der Waals surface area contributed by atoms with E-state index in [9.17, 15) is 4.79 Å². The molecule has 0 radical (unpaired) electrons. The number of aromatic nitrogens is 1. The van der Waals surface area contributed by atoms with Crippen molar-refractivity contribution in [2.45, 2.75) is 26.1 Å². The van der Waals surface area contributed by atoms with Gasteiger partial charge in [0.15, 0.2) is 0 Å². The number of rotatable bonds is 6. The highest BCUT2D eigenvalue weighted by Gasteiger charge is 2.24. The Hall–Kier alpha value is -3.02. The SMILES string of the molecule is O=C(CS)Nc1ccc(CN2CCc3c(c4ccccc4n3Cc3ccccc3)C2)cc1. The number of benzene rings is 3. The largest absolute Gasteiger partial charge is 0.340 e. The topological polar surface area (TPSA) is 37.3 Å². The summed E-state index contributed by atoms with van der Waals surface area (Å²) in [5, 5.41) is 4.22. The summed E-state index contributed by atoms with van der Waals surface area (Å²) in [6.45, 7) is 3.81. The minimum absolute atomic E-state index is 0.0865. The smallest absolute Gasteiger partial charge is 0.234 e. The molecule has 1 aliphatic heterocycles.